The van der Waals surface area contributed by atoms with E-state index < -0.39 is 36.8 Å². The quantitative estimate of drug-likeness (QED) is 0.488. The van der Waals surface area contributed by atoms with Gasteiger partial charge >= 0.3 is 0 Å². The largest absolute Gasteiger partial charge is 0.394 e. The molecule has 1 fully saturated rings. The van der Waals surface area contributed by atoms with Crippen LogP contribution in [0, 0.1) is 0 Å². The topological polar surface area (TPSA) is 143 Å². The van der Waals surface area contributed by atoms with E-state index in [1.807, 2.05) is 0 Å². The van der Waals surface area contributed by atoms with Gasteiger partial charge in [-0.3, -0.25) is 9.36 Å². The summed E-state index contributed by atoms with van der Waals surface area (Å²) < 4.78 is 20.9. The molecule has 2 aromatic heterocycles. The van der Waals surface area contributed by atoms with E-state index in [2.05, 4.69) is 20.3 Å². The number of halogens is 1. The maximum Gasteiger partial charge on any atom is 0.281 e. The Morgan fingerprint density at radius 1 is 1.29 bits per heavy atom. The van der Waals surface area contributed by atoms with Crippen LogP contribution < -0.4 is 5.32 Å². The molecular weight excluding hydrogens is 373 g/mol. The van der Waals surface area contributed by atoms with Gasteiger partial charge in [0.15, 0.2) is 23.2 Å². The molecule has 3 heterocycles. The first kappa shape index (κ1) is 18.4. The summed E-state index contributed by atoms with van der Waals surface area (Å²) in [6, 6.07) is 8.44. The third-order valence-electron chi connectivity index (χ3n) is 4.48. The number of aliphatic hydroxyl groups is 3. The fourth-order valence-electron chi connectivity index (χ4n) is 3.03. The van der Waals surface area contributed by atoms with E-state index in [9.17, 15) is 24.5 Å². The van der Waals surface area contributed by atoms with E-state index in [1.165, 1.54) is 0 Å². The van der Waals surface area contributed by atoms with Gasteiger partial charge in [-0.2, -0.15) is 0 Å². The number of aliphatic hydroxyl groups excluding tert-OH is 2. The number of hydrogen-bond donors (Lipinski definition) is 4. The number of aromatic nitrogens is 4. The first-order valence-electron chi connectivity index (χ1n) is 8.33. The van der Waals surface area contributed by atoms with Crippen molar-refractivity contribution in [2.75, 3.05) is 11.9 Å². The molecule has 1 aliphatic heterocycles. The summed E-state index contributed by atoms with van der Waals surface area (Å²) in [6.07, 6.45) is -2.71. The molecule has 4 atom stereocenters. The molecule has 10 nitrogen and oxygen atoms in total. The molecule has 0 spiro atoms. The third-order valence-corrected chi connectivity index (χ3v) is 4.48. The second-order valence-electron chi connectivity index (χ2n) is 6.25. The molecule has 0 unspecified atom stereocenters. The van der Waals surface area contributed by atoms with Crippen molar-refractivity contribution in [1.82, 2.24) is 19.5 Å². The number of rotatable bonds is 4. The monoisotopic (exact) mass is 389 g/mol. The predicted molar refractivity (Wildman–Crippen MR) is 92.8 cm³/mol. The number of benzene rings is 1. The number of carbonyl (C=O) groups is 1. The highest BCUT2D eigenvalue weighted by molar-refractivity contribution is 6.06. The smallest absolute Gasteiger partial charge is 0.281 e. The molecule has 0 bridgehead atoms. The average molecular weight is 389 g/mol. The Kier molecular flexibility index (Phi) is 4.51. The summed E-state index contributed by atoms with van der Waals surface area (Å²) in [5, 5.41) is 31.6. The normalized spacial score (nSPS) is 27.2. The molecule has 1 saturated heterocycles. The Morgan fingerprint density at radius 2 is 2.04 bits per heavy atom. The average Bonchev–Trinajstić information content (AvgIpc) is 3.22. The first-order chi connectivity index (χ1) is 13.4. The molecule has 0 saturated carbocycles. The van der Waals surface area contributed by atoms with E-state index >= 15 is 0 Å². The van der Waals surface area contributed by atoms with Crippen molar-refractivity contribution in [1.29, 1.82) is 0 Å². The molecule has 1 aliphatic rings. The van der Waals surface area contributed by atoms with Gasteiger partial charge in [-0.15, -0.1) is 0 Å². The van der Waals surface area contributed by atoms with E-state index in [0.717, 1.165) is 17.2 Å². The van der Waals surface area contributed by atoms with Gasteiger partial charge in [0.1, 0.15) is 18.5 Å². The summed E-state index contributed by atoms with van der Waals surface area (Å²) in [7, 11) is 0. The molecule has 1 aromatic carbocycles. The van der Waals surface area contributed by atoms with Crippen LogP contribution >= 0.6 is 0 Å². The van der Waals surface area contributed by atoms with Crippen molar-refractivity contribution in [3.8, 4) is 0 Å². The number of amides is 1. The van der Waals surface area contributed by atoms with Gasteiger partial charge in [-0.1, -0.05) is 18.2 Å². The number of fused-ring (bicyclic) bond motifs is 1. The summed E-state index contributed by atoms with van der Waals surface area (Å²) in [4.78, 5) is 24.4. The van der Waals surface area contributed by atoms with Gasteiger partial charge in [0.2, 0.25) is 0 Å². The van der Waals surface area contributed by atoms with Crippen molar-refractivity contribution in [2.45, 2.75) is 24.3 Å². The highest BCUT2D eigenvalue weighted by atomic mass is 19.2. The summed E-state index contributed by atoms with van der Waals surface area (Å²) in [5.74, 6) is -3.53. The zero-order valence-electron chi connectivity index (χ0n) is 14.3. The van der Waals surface area contributed by atoms with E-state index in [4.69, 9.17) is 4.74 Å². The fraction of sp³-hybridized carbons (Fsp3) is 0.294. The lowest BCUT2D eigenvalue weighted by atomic mass is 10.1. The number of hydrogen-bond acceptors (Lipinski definition) is 8. The van der Waals surface area contributed by atoms with Gasteiger partial charge in [0.25, 0.3) is 11.8 Å². The lowest BCUT2D eigenvalue weighted by Crippen LogP contribution is -2.43. The number of nitrogens with zero attached hydrogens (tertiary/aromatic N) is 4. The van der Waals surface area contributed by atoms with Crippen LogP contribution in [0.1, 0.15) is 16.6 Å². The molecule has 4 N–H and O–H groups in total. The molecule has 1 amide bonds. The van der Waals surface area contributed by atoms with E-state index in [-0.39, 0.29) is 17.0 Å². The Bertz CT molecular complexity index is 1010. The number of imidazole rings is 1. The van der Waals surface area contributed by atoms with Crippen LogP contribution in [0.25, 0.3) is 11.2 Å². The molecule has 0 aliphatic carbocycles. The van der Waals surface area contributed by atoms with E-state index in [0.29, 0.717) is 5.56 Å². The minimum Gasteiger partial charge on any atom is -0.394 e. The second kappa shape index (κ2) is 6.87. The highest BCUT2D eigenvalue weighted by Crippen LogP contribution is 2.40. The summed E-state index contributed by atoms with van der Waals surface area (Å²) in [6.45, 7) is -0.691. The Labute approximate surface area is 157 Å². The molecule has 11 heteroatoms. The van der Waals surface area contributed by atoms with Crippen LogP contribution in [0.15, 0.2) is 43.0 Å². The van der Waals surface area contributed by atoms with Crippen molar-refractivity contribution >= 4 is 22.9 Å². The van der Waals surface area contributed by atoms with Crippen molar-refractivity contribution < 1.29 is 29.2 Å². The Morgan fingerprint density at radius 3 is 2.71 bits per heavy atom. The zero-order chi connectivity index (χ0) is 19.9. The molecule has 3 aromatic rings. The van der Waals surface area contributed by atoms with Gasteiger partial charge in [0, 0.05) is 5.56 Å². The van der Waals surface area contributed by atoms with Crippen LogP contribution in [0.2, 0.25) is 0 Å². The number of ether oxygens (including phenoxy) is 1. The van der Waals surface area contributed by atoms with Crippen molar-refractivity contribution in [3.05, 3.63) is 48.5 Å². The van der Waals surface area contributed by atoms with Crippen LogP contribution in [0.5, 0.6) is 0 Å². The third kappa shape index (κ3) is 2.90. The molecule has 0 radical (unpaired) electrons. The lowest BCUT2D eigenvalue weighted by molar-refractivity contribution is -0.195. The lowest BCUT2D eigenvalue weighted by Gasteiger charge is -2.23. The molecule has 4 rings (SSSR count). The number of nitrogens with one attached hydrogen (secondary N) is 1. The standard InChI is InChI=1S/C17H16FN5O5/c18-17(27)12(25)10(6-24)28-16(17)23-8-21-11-13(19-7-20-14(11)23)22-15(26)9-4-2-1-3-5-9/h1-5,7-8,10,12,16,24-25,27H,6H2,(H,19,20,22,26)/t10-,12-,16-,17-/m1/s1. The molecular formula is C17H16FN5O5. The van der Waals surface area contributed by atoms with Crippen LogP contribution in [0.3, 0.4) is 0 Å². The maximum atomic E-state index is 14.6. The van der Waals surface area contributed by atoms with Gasteiger partial charge in [-0.25, -0.2) is 19.3 Å². The zero-order valence-corrected chi connectivity index (χ0v) is 14.3. The predicted octanol–water partition coefficient (Wildman–Crippen LogP) is -0.0127. The number of carbonyl (C=O) groups excluding carboxylic acids is 1. The fourth-order valence-corrected chi connectivity index (χ4v) is 3.03. The van der Waals surface area contributed by atoms with Crippen molar-refractivity contribution in [2.24, 2.45) is 0 Å². The van der Waals surface area contributed by atoms with Gasteiger partial charge < -0.3 is 25.4 Å². The molecule has 146 valence electrons. The first-order valence-corrected chi connectivity index (χ1v) is 8.33. The van der Waals surface area contributed by atoms with Crippen molar-refractivity contribution in [3.63, 3.8) is 0 Å². The van der Waals surface area contributed by atoms with Gasteiger partial charge in [0.05, 0.1) is 12.9 Å². The number of alkyl halides is 1. The minimum atomic E-state index is -3.18. The van der Waals surface area contributed by atoms with Crippen LogP contribution in [0.4, 0.5) is 10.2 Å². The summed E-state index contributed by atoms with van der Waals surface area (Å²) >= 11 is 0. The molecule has 28 heavy (non-hydrogen) atoms. The minimum absolute atomic E-state index is 0.0604. The second-order valence-corrected chi connectivity index (χ2v) is 6.25. The number of anilines is 1. The van der Waals surface area contributed by atoms with Crippen LogP contribution in [-0.2, 0) is 4.74 Å². The Hall–Kier alpha value is -2.99. The highest BCUT2D eigenvalue weighted by Gasteiger charge is 2.57. The SMILES string of the molecule is O=C(Nc1ncnc2c1ncn2[C@@H]1O[C@H](CO)[C@@H](O)[C@]1(O)F)c1ccccc1. The van der Waals surface area contributed by atoms with Gasteiger partial charge in [-0.05, 0) is 12.1 Å². The maximum absolute atomic E-state index is 14.6. The summed E-state index contributed by atoms with van der Waals surface area (Å²) in [5.41, 5.74) is 0.596. The van der Waals surface area contributed by atoms with E-state index in [1.54, 1.807) is 30.3 Å². The Balaban J connectivity index is 1.69. The van der Waals surface area contributed by atoms with Crippen LogP contribution in [-0.4, -0.2) is 65.4 Å².